The average Bonchev–Trinajstić information content (AvgIpc) is 3.01. The largest absolute Gasteiger partial charge is 0.447 e. The Labute approximate surface area is 162 Å². The molecular formula is C17H23ClN6O3. The quantitative estimate of drug-likeness (QED) is 0.785. The lowest BCUT2D eigenvalue weighted by Gasteiger charge is -2.61. The number of urea groups is 1. The highest BCUT2D eigenvalue weighted by atomic mass is 35.5. The fraction of sp³-hybridized carbons (Fsp3) is 0.706. The number of rotatable bonds is 2. The van der Waals surface area contributed by atoms with Gasteiger partial charge in [-0.2, -0.15) is 5.10 Å². The van der Waals surface area contributed by atoms with E-state index in [0.717, 1.165) is 44.0 Å². The van der Waals surface area contributed by atoms with Crippen LogP contribution >= 0.6 is 11.6 Å². The Bertz CT molecular complexity index is 819. The van der Waals surface area contributed by atoms with Gasteiger partial charge in [-0.15, -0.1) is 0 Å². The zero-order valence-corrected chi connectivity index (χ0v) is 16.3. The molecule has 4 aliphatic rings. The molecule has 0 saturated carbocycles. The second-order valence-corrected chi connectivity index (χ2v) is 8.96. The molecule has 0 aromatic carbocycles. The number of cyclic esters (lactones) is 1. The Kier molecular flexibility index (Phi) is 3.49. The predicted molar refractivity (Wildman–Crippen MR) is 96.4 cm³/mol. The van der Waals surface area contributed by atoms with Crippen molar-refractivity contribution in [3.63, 3.8) is 0 Å². The highest BCUT2D eigenvalue weighted by molar-refractivity contribution is 6.30. The van der Waals surface area contributed by atoms with Gasteiger partial charge in [0.15, 0.2) is 0 Å². The molecule has 1 aromatic rings. The lowest BCUT2D eigenvalue weighted by atomic mass is 9.72. The maximum atomic E-state index is 12.6. The number of hydrogen-bond donors (Lipinski definition) is 1. The van der Waals surface area contributed by atoms with Crippen LogP contribution in [0.3, 0.4) is 0 Å². The summed E-state index contributed by atoms with van der Waals surface area (Å²) in [6.45, 7) is 7.77. The van der Waals surface area contributed by atoms with Crippen molar-refractivity contribution in [1.82, 2.24) is 29.8 Å². The van der Waals surface area contributed by atoms with Gasteiger partial charge in [0.25, 0.3) is 0 Å². The van der Waals surface area contributed by atoms with Crippen molar-refractivity contribution >= 4 is 23.7 Å². The number of nitrogens with one attached hydrogen (secondary N) is 1. The third kappa shape index (κ3) is 2.59. The number of hydrogen-bond acceptors (Lipinski definition) is 5. The van der Waals surface area contributed by atoms with Crippen LogP contribution in [0.5, 0.6) is 0 Å². The summed E-state index contributed by atoms with van der Waals surface area (Å²) in [4.78, 5) is 29.8. The number of ether oxygens (including phenoxy) is 1. The first-order valence-electron chi connectivity index (χ1n) is 9.17. The molecule has 3 amide bonds. The Balaban J connectivity index is 1.10. The molecule has 5 rings (SSSR count). The molecular weight excluding hydrogens is 372 g/mol. The molecule has 4 aliphatic heterocycles. The van der Waals surface area contributed by atoms with E-state index in [1.165, 1.54) is 0 Å². The first kappa shape index (κ1) is 17.1. The summed E-state index contributed by atoms with van der Waals surface area (Å²) < 4.78 is 6.67. The van der Waals surface area contributed by atoms with Crippen LogP contribution in [0.15, 0.2) is 0 Å². The van der Waals surface area contributed by atoms with Gasteiger partial charge in [0, 0.05) is 50.7 Å². The van der Waals surface area contributed by atoms with Crippen LogP contribution in [0.4, 0.5) is 9.59 Å². The van der Waals surface area contributed by atoms with Crippen LogP contribution in [0, 0.1) is 12.3 Å². The van der Waals surface area contributed by atoms with E-state index in [9.17, 15) is 9.59 Å². The maximum Gasteiger partial charge on any atom is 0.407 e. The van der Waals surface area contributed by atoms with Gasteiger partial charge in [-0.3, -0.25) is 9.58 Å². The Morgan fingerprint density at radius 3 is 2.44 bits per heavy atom. The third-order valence-electron chi connectivity index (χ3n) is 6.20. The summed E-state index contributed by atoms with van der Waals surface area (Å²) in [7, 11) is 1.86. The topological polar surface area (TPSA) is 82.9 Å². The summed E-state index contributed by atoms with van der Waals surface area (Å²) >= 11 is 6.32. The van der Waals surface area contributed by atoms with Gasteiger partial charge in [0.2, 0.25) is 0 Å². The highest BCUT2D eigenvalue weighted by Crippen LogP contribution is 2.42. The SMILES string of the molecule is Cc1nn(C)c(Cl)c1CN1CC2(C1)CN(C(=O)N1CC3(COC(=O)N3)C1)C2. The Morgan fingerprint density at radius 1 is 1.22 bits per heavy atom. The summed E-state index contributed by atoms with van der Waals surface area (Å²) in [6.07, 6.45) is -0.386. The van der Waals surface area contributed by atoms with E-state index < -0.39 is 0 Å². The molecule has 0 unspecified atom stereocenters. The van der Waals surface area contributed by atoms with Crippen molar-refractivity contribution < 1.29 is 14.3 Å². The molecule has 1 N–H and O–H groups in total. The minimum Gasteiger partial charge on any atom is -0.447 e. The number of carbonyl (C=O) groups is 2. The first-order chi connectivity index (χ1) is 12.8. The molecule has 27 heavy (non-hydrogen) atoms. The number of carbonyl (C=O) groups excluding carboxylic acids is 2. The van der Waals surface area contributed by atoms with Crippen LogP contribution in [-0.4, -0.2) is 88.0 Å². The van der Waals surface area contributed by atoms with Crippen LogP contribution < -0.4 is 5.32 Å². The zero-order valence-electron chi connectivity index (χ0n) is 15.5. The molecule has 10 heteroatoms. The van der Waals surface area contributed by atoms with Gasteiger partial charge in [0.1, 0.15) is 17.3 Å². The monoisotopic (exact) mass is 394 g/mol. The summed E-state index contributed by atoms with van der Waals surface area (Å²) in [5, 5.41) is 7.87. The van der Waals surface area contributed by atoms with Gasteiger partial charge in [-0.05, 0) is 6.92 Å². The van der Waals surface area contributed by atoms with Gasteiger partial charge in [0.05, 0.1) is 18.8 Å². The van der Waals surface area contributed by atoms with Crippen molar-refractivity contribution in [2.24, 2.45) is 12.5 Å². The number of likely N-dealkylation sites (tertiary alicyclic amines) is 3. The number of nitrogens with zero attached hydrogens (tertiary/aromatic N) is 5. The molecule has 4 saturated heterocycles. The molecule has 0 atom stereocenters. The summed E-state index contributed by atoms with van der Waals surface area (Å²) in [5.74, 6) is 0. The molecule has 1 aromatic heterocycles. The standard InChI is InChI=1S/C17H23ClN6O3/c1-11-12(13(18)21(2)20-11)3-22-4-16(5-22)6-23(7-16)15(26)24-8-17(9-24)10-27-14(25)19-17/h3-10H2,1-2H3,(H,19,25). The minimum atomic E-state index is -0.386. The Morgan fingerprint density at radius 2 is 1.89 bits per heavy atom. The van der Waals surface area contributed by atoms with Crippen molar-refractivity contribution in [2.75, 3.05) is 45.9 Å². The van der Waals surface area contributed by atoms with Gasteiger partial charge in [-0.1, -0.05) is 11.6 Å². The minimum absolute atomic E-state index is 0.0667. The number of aryl methyl sites for hydroxylation is 2. The fourth-order valence-electron chi connectivity index (χ4n) is 4.87. The summed E-state index contributed by atoms with van der Waals surface area (Å²) in [5.41, 5.74) is 1.94. The predicted octanol–water partition coefficient (Wildman–Crippen LogP) is 0.414. The Hall–Kier alpha value is -2.00. The number of aromatic nitrogens is 2. The van der Waals surface area contributed by atoms with E-state index in [1.54, 1.807) is 9.58 Å². The molecule has 5 heterocycles. The first-order valence-corrected chi connectivity index (χ1v) is 9.55. The number of alkyl carbamates (subject to hydrolysis) is 1. The van der Waals surface area contributed by atoms with Crippen molar-refractivity contribution in [1.29, 1.82) is 0 Å². The van der Waals surface area contributed by atoms with Gasteiger partial charge in [-0.25, -0.2) is 9.59 Å². The van der Waals surface area contributed by atoms with E-state index >= 15 is 0 Å². The molecule has 0 radical (unpaired) electrons. The average molecular weight is 395 g/mol. The highest BCUT2D eigenvalue weighted by Gasteiger charge is 2.57. The number of amides is 3. The van der Waals surface area contributed by atoms with Gasteiger partial charge >= 0.3 is 12.1 Å². The summed E-state index contributed by atoms with van der Waals surface area (Å²) in [6, 6.07) is 0.0667. The second kappa shape index (κ2) is 5.51. The number of halogens is 1. The van der Waals surface area contributed by atoms with E-state index in [4.69, 9.17) is 16.3 Å². The lowest BCUT2D eigenvalue weighted by Crippen LogP contribution is -2.77. The molecule has 4 fully saturated rings. The van der Waals surface area contributed by atoms with Crippen molar-refractivity contribution in [3.8, 4) is 0 Å². The fourth-order valence-corrected chi connectivity index (χ4v) is 5.11. The van der Waals surface area contributed by atoms with Crippen LogP contribution in [0.25, 0.3) is 0 Å². The van der Waals surface area contributed by atoms with Crippen molar-refractivity contribution in [2.45, 2.75) is 19.0 Å². The van der Waals surface area contributed by atoms with E-state index in [0.29, 0.717) is 24.8 Å². The molecule has 9 nitrogen and oxygen atoms in total. The van der Waals surface area contributed by atoms with Crippen molar-refractivity contribution in [3.05, 3.63) is 16.4 Å². The molecule has 2 spiro atoms. The van der Waals surface area contributed by atoms with Gasteiger partial charge < -0.3 is 19.9 Å². The second-order valence-electron chi connectivity index (χ2n) is 8.60. The normalized spacial score (nSPS) is 25.1. The van der Waals surface area contributed by atoms with Crippen LogP contribution in [-0.2, 0) is 18.3 Å². The van der Waals surface area contributed by atoms with Crippen LogP contribution in [0.2, 0.25) is 5.15 Å². The molecule has 0 aliphatic carbocycles. The third-order valence-corrected chi connectivity index (χ3v) is 6.67. The van der Waals surface area contributed by atoms with Crippen LogP contribution in [0.1, 0.15) is 11.3 Å². The lowest BCUT2D eigenvalue weighted by molar-refractivity contribution is -0.107. The van der Waals surface area contributed by atoms with E-state index in [1.807, 2.05) is 18.9 Å². The molecule has 146 valence electrons. The maximum absolute atomic E-state index is 12.6. The molecule has 0 bridgehead atoms. The smallest absolute Gasteiger partial charge is 0.407 e. The van der Waals surface area contributed by atoms with E-state index in [2.05, 4.69) is 15.3 Å². The van der Waals surface area contributed by atoms with E-state index in [-0.39, 0.29) is 23.1 Å². The zero-order chi connectivity index (χ0) is 19.0.